The Morgan fingerprint density at radius 2 is 2.33 bits per heavy atom. The molecule has 0 heterocycles. The molecule has 15 heavy (non-hydrogen) atoms. The van der Waals surface area contributed by atoms with Gasteiger partial charge in [-0.2, -0.15) is 0 Å². The molecule has 3 nitrogen and oxygen atoms in total. The van der Waals surface area contributed by atoms with Gasteiger partial charge in [0.05, 0.1) is 6.04 Å². The molecule has 80 valence electrons. The Balaban J connectivity index is 2.04. The number of alkyl carbamates (subject to hydrolysis) is 1. The Hall–Kier alpha value is -1.22. The van der Waals surface area contributed by atoms with E-state index < -0.39 is 6.09 Å². The highest BCUT2D eigenvalue weighted by Crippen LogP contribution is 2.30. The second kappa shape index (κ2) is 4.53. The van der Waals surface area contributed by atoms with Crippen molar-refractivity contribution in [3.05, 3.63) is 35.4 Å². The van der Waals surface area contributed by atoms with Crippen LogP contribution in [-0.2, 0) is 11.2 Å². The standard InChI is InChI=1S/C11H12ClNO2/c12-7-15-11(14)13-10-6-5-8-3-1-2-4-9(8)10/h1-4,10H,5-7H2,(H,13,14). The molecule has 4 heteroatoms. The van der Waals surface area contributed by atoms with Crippen molar-refractivity contribution >= 4 is 17.7 Å². The number of rotatable bonds is 2. The Kier molecular flexibility index (Phi) is 3.11. The van der Waals surface area contributed by atoms with E-state index in [1.165, 1.54) is 11.1 Å². The van der Waals surface area contributed by atoms with Gasteiger partial charge in [-0.25, -0.2) is 4.79 Å². The minimum atomic E-state index is -0.452. The summed E-state index contributed by atoms with van der Waals surface area (Å²) in [7, 11) is 0. The van der Waals surface area contributed by atoms with Crippen LogP contribution in [0.5, 0.6) is 0 Å². The maximum absolute atomic E-state index is 11.2. The minimum absolute atomic E-state index is 0.0666. The van der Waals surface area contributed by atoms with Crippen LogP contribution in [0.3, 0.4) is 0 Å². The van der Waals surface area contributed by atoms with Crippen molar-refractivity contribution in [1.82, 2.24) is 5.32 Å². The van der Waals surface area contributed by atoms with Crippen molar-refractivity contribution in [3.8, 4) is 0 Å². The molecule has 0 aromatic heterocycles. The number of hydrogen-bond acceptors (Lipinski definition) is 2. The summed E-state index contributed by atoms with van der Waals surface area (Å²) in [5.74, 6) is 0. The first-order valence-electron chi connectivity index (χ1n) is 4.88. The summed E-state index contributed by atoms with van der Waals surface area (Å²) in [5.41, 5.74) is 2.48. The van der Waals surface area contributed by atoms with E-state index in [1.54, 1.807) is 0 Å². The first-order chi connectivity index (χ1) is 7.31. The van der Waals surface area contributed by atoms with Crippen LogP contribution in [-0.4, -0.2) is 12.2 Å². The zero-order valence-electron chi connectivity index (χ0n) is 8.20. The summed E-state index contributed by atoms with van der Waals surface area (Å²) >= 11 is 5.30. The molecule has 0 saturated heterocycles. The Morgan fingerprint density at radius 3 is 3.13 bits per heavy atom. The zero-order valence-corrected chi connectivity index (χ0v) is 8.96. The quantitative estimate of drug-likeness (QED) is 0.786. The Morgan fingerprint density at radius 1 is 1.53 bits per heavy atom. The van der Waals surface area contributed by atoms with E-state index in [0.717, 1.165) is 12.8 Å². The van der Waals surface area contributed by atoms with Gasteiger partial charge >= 0.3 is 6.09 Å². The summed E-state index contributed by atoms with van der Waals surface area (Å²) in [6, 6.07) is 8.07. The predicted molar refractivity (Wildman–Crippen MR) is 57.8 cm³/mol. The zero-order chi connectivity index (χ0) is 10.7. The predicted octanol–water partition coefficient (Wildman–Crippen LogP) is 2.60. The fourth-order valence-electron chi connectivity index (χ4n) is 1.94. The summed E-state index contributed by atoms with van der Waals surface area (Å²) in [6.07, 6.45) is 1.48. The van der Waals surface area contributed by atoms with Gasteiger partial charge in [-0.1, -0.05) is 35.9 Å². The van der Waals surface area contributed by atoms with Crippen molar-refractivity contribution in [2.24, 2.45) is 0 Å². The smallest absolute Gasteiger partial charge is 0.408 e. The molecule has 1 unspecified atom stereocenters. The molecule has 1 aliphatic rings. The minimum Gasteiger partial charge on any atom is -0.433 e. The van der Waals surface area contributed by atoms with Crippen LogP contribution < -0.4 is 5.32 Å². The first-order valence-corrected chi connectivity index (χ1v) is 5.42. The average Bonchev–Trinajstić information content (AvgIpc) is 2.62. The van der Waals surface area contributed by atoms with Crippen LogP contribution in [0.25, 0.3) is 0 Å². The molecular weight excluding hydrogens is 214 g/mol. The number of fused-ring (bicyclic) bond motifs is 1. The van der Waals surface area contributed by atoms with Crippen molar-refractivity contribution in [2.45, 2.75) is 18.9 Å². The lowest BCUT2D eigenvalue weighted by Gasteiger charge is -2.12. The number of carbonyl (C=O) groups is 1. The molecule has 1 atom stereocenters. The van der Waals surface area contributed by atoms with E-state index in [2.05, 4.69) is 16.1 Å². The Labute approximate surface area is 93.4 Å². The van der Waals surface area contributed by atoms with E-state index in [4.69, 9.17) is 11.6 Å². The second-order valence-corrected chi connectivity index (χ2v) is 3.69. The second-order valence-electron chi connectivity index (χ2n) is 3.48. The van der Waals surface area contributed by atoms with Crippen LogP contribution in [0.4, 0.5) is 4.79 Å². The largest absolute Gasteiger partial charge is 0.433 e. The molecule has 1 amide bonds. The van der Waals surface area contributed by atoms with Gasteiger partial charge in [0.1, 0.15) is 0 Å². The van der Waals surface area contributed by atoms with Crippen molar-refractivity contribution in [1.29, 1.82) is 0 Å². The number of halogens is 1. The molecular formula is C11H12ClNO2. The number of nitrogens with one attached hydrogen (secondary N) is 1. The monoisotopic (exact) mass is 225 g/mol. The number of ether oxygens (including phenoxy) is 1. The van der Waals surface area contributed by atoms with Crippen LogP contribution in [0.15, 0.2) is 24.3 Å². The van der Waals surface area contributed by atoms with Crippen molar-refractivity contribution < 1.29 is 9.53 Å². The molecule has 2 rings (SSSR count). The average molecular weight is 226 g/mol. The van der Waals surface area contributed by atoms with Gasteiger partial charge in [0.25, 0.3) is 0 Å². The summed E-state index contributed by atoms with van der Waals surface area (Å²) in [6.45, 7) is 0. The maximum Gasteiger partial charge on any atom is 0.408 e. The molecule has 0 radical (unpaired) electrons. The first kappa shape index (κ1) is 10.3. The fourth-order valence-corrected chi connectivity index (χ4v) is 2.04. The van der Waals surface area contributed by atoms with Crippen LogP contribution >= 0.6 is 11.6 Å². The third-order valence-electron chi connectivity index (χ3n) is 2.61. The van der Waals surface area contributed by atoms with Gasteiger partial charge in [0, 0.05) is 0 Å². The van der Waals surface area contributed by atoms with Crippen molar-refractivity contribution in [2.75, 3.05) is 6.07 Å². The molecule has 0 bridgehead atoms. The number of aryl methyl sites for hydroxylation is 1. The highest BCUT2D eigenvalue weighted by molar-refractivity contribution is 6.17. The number of amides is 1. The van der Waals surface area contributed by atoms with Crippen molar-refractivity contribution in [3.63, 3.8) is 0 Å². The SMILES string of the molecule is O=C(NC1CCc2ccccc21)OCCl. The highest BCUT2D eigenvalue weighted by atomic mass is 35.5. The number of benzene rings is 1. The van der Waals surface area contributed by atoms with Crippen LogP contribution in [0, 0.1) is 0 Å². The van der Waals surface area contributed by atoms with E-state index in [1.807, 2.05) is 18.2 Å². The normalized spacial score (nSPS) is 18.3. The molecule has 1 N–H and O–H groups in total. The van der Waals surface area contributed by atoms with Gasteiger partial charge < -0.3 is 10.1 Å². The van der Waals surface area contributed by atoms with Gasteiger partial charge in [-0.05, 0) is 24.0 Å². The maximum atomic E-state index is 11.2. The van der Waals surface area contributed by atoms with Gasteiger partial charge in [0.15, 0.2) is 6.07 Å². The molecule has 1 aromatic rings. The van der Waals surface area contributed by atoms with Gasteiger partial charge in [-0.3, -0.25) is 0 Å². The third kappa shape index (κ3) is 2.23. The lowest BCUT2D eigenvalue weighted by Crippen LogP contribution is -2.27. The molecule has 1 aromatic carbocycles. The number of alkyl halides is 1. The molecule has 1 aliphatic carbocycles. The molecule has 0 aliphatic heterocycles. The number of carbonyl (C=O) groups excluding carboxylic acids is 1. The molecule has 0 saturated carbocycles. The molecule has 0 spiro atoms. The fraction of sp³-hybridized carbons (Fsp3) is 0.364. The summed E-state index contributed by atoms with van der Waals surface area (Å²) in [4.78, 5) is 11.2. The lowest BCUT2D eigenvalue weighted by atomic mass is 10.1. The van der Waals surface area contributed by atoms with Crippen LogP contribution in [0.2, 0.25) is 0 Å². The summed E-state index contributed by atoms with van der Waals surface area (Å²) in [5, 5.41) is 2.79. The third-order valence-corrected chi connectivity index (χ3v) is 2.72. The summed E-state index contributed by atoms with van der Waals surface area (Å²) < 4.78 is 4.63. The number of hydrogen-bond donors (Lipinski definition) is 1. The lowest BCUT2D eigenvalue weighted by molar-refractivity contribution is 0.160. The van der Waals surface area contributed by atoms with E-state index in [0.29, 0.717) is 0 Å². The van der Waals surface area contributed by atoms with E-state index >= 15 is 0 Å². The topological polar surface area (TPSA) is 38.3 Å². The Bertz CT molecular complexity index is 367. The molecule has 0 fully saturated rings. The van der Waals surface area contributed by atoms with Gasteiger partial charge in [-0.15, -0.1) is 0 Å². The van der Waals surface area contributed by atoms with Crippen LogP contribution in [0.1, 0.15) is 23.6 Å². The van der Waals surface area contributed by atoms with E-state index in [-0.39, 0.29) is 12.1 Å². The van der Waals surface area contributed by atoms with Gasteiger partial charge in [0.2, 0.25) is 0 Å². The van der Waals surface area contributed by atoms with E-state index in [9.17, 15) is 4.79 Å². The highest BCUT2D eigenvalue weighted by Gasteiger charge is 2.23.